The summed E-state index contributed by atoms with van der Waals surface area (Å²) >= 11 is 0. The van der Waals surface area contributed by atoms with Gasteiger partial charge in [-0.3, -0.25) is 0 Å². The second kappa shape index (κ2) is 7.54. The van der Waals surface area contributed by atoms with Crippen molar-refractivity contribution in [1.29, 1.82) is 0 Å². The zero-order valence-corrected chi connectivity index (χ0v) is 12.1. The van der Waals surface area contributed by atoms with Crippen LogP contribution in [0.3, 0.4) is 0 Å². The molecule has 1 aromatic rings. The third-order valence-electron chi connectivity index (χ3n) is 4.23. The predicted molar refractivity (Wildman–Crippen MR) is 80.6 cm³/mol. The Hall–Kier alpha value is -1.02. The van der Waals surface area contributed by atoms with Crippen LogP contribution < -0.4 is 10.5 Å². The van der Waals surface area contributed by atoms with Crippen molar-refractivity contribution in [3.63, 3.8) is 0 Å². The fourth-order valence-electron chi connectivity index (χ4n) is 3.19. The Labute approximate surface area is 117 Å². The van der Waals surface area contributed by atoms with E-state index in [1.807, 2.05) is 6.07 Å². The molecule has 0 heterocycles. The molecule has 0 bridgehead atoms. The Balaban J connectivity index is 2.08. The van der Waals surface area contributed by atoms with Crippen molar-refractivity contribution in [3.8, 4) is 5.75 Å². The van der Waals surface area contributed by atoms with Crippen LogP contribution in [0.4, 0.5) is 0 Å². The summed E-state index contributed by atoms with van der Waals surface area (Å²) in [6, 6.07) is 8.56. The lowest BCUT2D eigenvalue weighted by Gasteiger charge is -2.30. The molecule has 0 aromatic heterocycles. The maximum Gasteiger partial charge on any atom is 0.119 e. The van der Waals surface area contributed by atoms with Crippen LogP contribution in [0.25, 0.3) is 0 Å². The molecule has 1 aliphatic carbocycles. The molecule has 1 saturated carbocycles. The number of rotatable bonds is 6. The first kappa shape index (κ1) is 14.4. The molecule has 1 unspecified atom stereocenters. The highest BCUT2D eigenvalue weighted by molar-refractivity contribution is 5.31. The van der Waals surface area contributed by atoms with Crippen LogP contribution in [0, 0.1) is 5.92 Å². The van der Waals surface area contributed by atoms with Crippen LogP contribution in [0.5, 0.6) is 5.75 Å². The van der Waals surface area contributed by atoms with Gasteiger partial charge in [0.05, 0.1) is 6.61 Å². The number of hydrogen-bond donors (Lipinski definition) is 1. The van der Waals surface area contributed by atoms with Crippen LogP contribution in [0.1, 0.15) is 56.9 Å². The van der Waals surface area contributed by atoms with Crippen molar-refractivity contribution in [2.24, 2.45) is 11.7 Å². The first-order chi connectivity index (χ1) is 9.35. The Morgan fingerprint density at radius 1 is 1.26 bits per heavy atom. The van der Waals surface area contributed by atoms with Gasteiger partial charge in [0.25, 0.3) is 0 Å². The number of ether oxygens (including phenoxy) is 1. The third-order valence-corrected chi connectivity index (χ3v) is 4.23. The molecule has 2 rings (SSSR count). The van der Waals surface area contributed by atoms with Crippen LogP contribution in [0.15, 0.2) is 24.3 Å². The zero-order chi connectivity index (χ0) is 13.5. The monoisotopic (exact) mass is 261 g/mol. The molecule has 1 fully saturated rings. The van der Waals surface area contributed by atoms with E-state index in [0.717, 1.165) is 31.2 Å². The lowest BCUT2D eigenvalue weighted by Crippen LogP contribution is -2.23. The minimum Gasteiger partial charge on any atom is -0.494 e. The molecule has 2 heteroatoms. The van der Waals surface area contributed by atoms with Gasteiger partial charge in [-0.05, 0) is 55.3 Å². The lowest BCUT2D eigenvalue weighted by atomic mass is 9.77. The van der Waals surface area contributed by atoms with E-state index in [1.54, 1.807) is 0 Å². The maximum absolute atomic E-state index is 6.05. The second-order valence-electron chi connectivity index (χ2n) is 5.66. The molecule has 1 aliphatic rings. The average molecular weight is 261 g/mol. The van der Waals surface area contributed by atoms with Crippen LogP contribution in [0.2, 0.25) is 0 Å². The molecule has 0 radical (unpaired) electrons. The van der Waals surface area contributed by atoms with Gasteiger partial charge >= 0.3 is 0 Å². The first-order valence-electron chi connectivity index (χ1n) is 7.78. The normalized spacial score (nSPS) is 18.2. The van der Waals surface area contributed by atoms with Crippen molar-refractivity contribution in [1.82, 2.24) is 0 Å². The summed E-state index contributed by atoms with van der Waals surface area (Å²) in [5, 5.41) is 0. The average Bonchev–Trinajstić information content (AvgIpc) is 2.47. The fraction of sp³-hybridized carbons (Fsp3) is 0.647. The van der Waals surface area contributed by atoms with Gasteiger partial charge in [-0.1, -0.05) is 38.3 Å². The molecule has 0 aliphatic heterocycles. The molecule has 1 aromatic carbocycles. The van der Waals surface area contributed by atoms with E-state index in [1.165, 1.54) is 37.7 Å². The number of hydrogen-bond acceptors (Lipinski definition) is 2. The van der Waals surface area contributed by atoms with Gasteiger partial charge in [0.15, 0.2) is 0 Å². The van der Waals surface area contributed by atoms with Crippen molar-refractivity contribution >= 4 is 0 Å². The van der Waals surface area contributed by atoms with Gasteiger partial charge in [-0.15, -0.1) is 0 Å². The molecule has 0 amide bonds. The minimum absolute atomic E-state index is 0.505. The first-order valence-corrected chi connectivity index (χ1v) is 7.78. The highest BCUT2D eigenvalue weighted by Gasteiger charge is 2.24. The van der Waals surface area contributed by atoms with Crippen LogP contribution in [-0.2, 0) is 0 Å². The Bertz CT molecular complexity index is 371. The van der Waals surface area contributed by atoms with Crippen molar-refractivity contribution in [2.45, 2.75) is 51.4 Å². The summed E-state index contributed by atoms with van der Waals surface area (Å²) in [4.78, 5) is 0. The molecule has 106 valence electrons. The Morgan fingerprint density at radius 2 is 2.05 bits per heavy atom. The molecular weight excluding hydrogens is 234 g/mol. The quantitative estimate of drug-likeness (QED) is 0.836. The molecule has 0 saturated heterocycles. The van der Waals surface area contributed by atoms with Crippen LogP contribution >= 0.6 is 0 Å². The van der Waals surface area contributed by atoms with Crippen molar-refractivity contribution < 1.29 is 4.74 Å². The number of nitrogens with two attached hydrogens (primary N) is 1. The lowest BCUT2D eigenvalue weighted by molar-refractivity contribution is 0.302. The zero-order valence-electron chi connectivity index (χ0n) is 12.1. The SMILES string of the molecule is CCCOc1cccc(C(CN)C2CCCCC2)c1. The third kappa shape index (κ3) is 3.97. The summed E-state index contributed by atoms with van der Waals surface area (Å²) in [6.07, 6.45) is 7.85. The van der Waals surface area contributed by atoms with Gasteiger partial charge in [-0.25, -0.2) is 0 Å². The molecule has 2 N–H and O–H groups in total. The fourth-order valence-corrected chi connectivity index (χ4v) is 3.19. The maximum atomic E-state index is 6.05. The van der Waals surface area contributed by atoms with E-state index >= 15 is 0 Å². The van der Waals surface area contributed by atoms with E-state index in [0.29, 0.717) is 5.92 Å². The molecule has 0 spiro atoms. The van der Waals surface area contributed by atoms with E-state index in [2.05, 4.69) is 25.1 Å². The Kier molecular flexibility index (Phi) is 5.71. The topological polar surface area (TPSA) is 35.2 Å². The van der Waals surface area contributed by atoms with E-state index in [9.17, 15) is 0 Å². The van der Waals surface area contributed by atoms with Gasteiger partial charge in [0.1, 0.15) is 5.75 Å². The smallest absolute Gasteiger partial charge is 0.119 e. The van der Waals surface area contributed by atoms with Gasteiger partial charge in [0, 0.05) is 0 Å². The van der Waals surface area contributed by atoms with Gasteiger partial charge in [0.2, 0.25) is 0 Å². The molecule has 19 heavy (non-hydrogen) atoms. The Morgan fingerprint density at radius 3 is 2.74 bits per heavy atom. The van der Waals surface area contributed by atoms with Gasteiger partial charge in [-0.2, -0.15) is 0 Å². The van der Waals surface area contributed by atoms with E-state index < -0.39 is 0 Å². The summed E-state index contributed by atoms with van der Waals surface area (Å²) in [6.45, 7) is 3.68. The second-order valence-corrected chi connectivity index (χ2v) is 5.66. The number of benzene rings is 1. The van der Waals surface area contributed by atoms with Crippen molar-refractivity contribution in [2.75, 3.05) is 13.2 Å². The van der Waals surface area contributed by atoms with Crippen LogP contribution in [-0.4, -0.2) is 13.2 Å². The highest BCUT2D eigenvalue weighted by atomic mass is 16.5. The summed E-state index contributed by atoms with van der Waals surface area (Å²) in [5.41, 5.74) is 7.41. The molecule has 2 nitrogen and oxygen atoms in total. The van der Waals surface area contributed by atoms with E-state index in [-0.39, 0.29) is 0 Å². The molecular formula is C17H27NO. The van der Waals surface area contributed by atoms with Gasteiger partial charge < -0.3 is 10.5 Å². The summed E-state index contributed by atoms with van der Waals surface area (Å²) < 4.78 is 5.74. The molecule has 1 atom stereocenters. The van der Waals surface area contributed by atoms with Crippen molar-refractivity contribution in [3.05, 3.63) is 29.8 Å². The summed E-state index contributed by atoms with van der Waals surface area (Å²) in [5.74, 6) is 2.26. The highest BCUT2D eigenvalue weighted by Crippen LogP contribution is 2.36. The minimum atomic E-state index is 0.505. The standard InChI is InChI=1S/C17H27NO/c1-2-11-19-16-10-6-9-15(12-16)17(13-18)14-7-4-3-5-8-14/h6,9-10,12,14,17H,2-5,7-8,11,13,18H2,1H3. The summed E-state index contributed by atoms with van der Waals surface area (Å²) in [7, 11) is 0. The predicted octanol–water partition coefficient (Wildman–Crippen LogP) is 4.10. The van der Waals surface area contributed by atoms with E-state index in [4.69, 9.17) is 10.5 Å². The largest absolute Gasteiger partial charge is 0.494 e.